The minimum absolute atomic E-state index is 0.0823. The first kappa shape index (κ1) is 12.3. The molecule has 15 heavy (non-hydrogen) atoms. The van der Waals surface area contributed by atoms with Gasteiger partial charge in [0.15, 0.2) is 0 Å². The molecule has 1 aromatic rings. The molecule has 1 amide bonds. The highest BCUT2D eigenvalue weighted by molar-refractivity contribution is 9.10. The van der Waals surface area contributed by atoms with Crippen LogP contribution in [0.1, 0.15) is 23.3 Å². The van der Waals surface area contributed by atoms with Crippen molar-refractivity contribution in [1.82, 2.24) is 9.88 Å². The van der Waals surface area contributed by atoms with E-state index in [-0.39, 0.29) is 12.5 Å². The quantitative estimate of drug-likeness (QED) is 0.796. The topological polar surface area (TPSA) is 54.3 Å². The summed E-state index contributed by atoms with van der Waals surface area (Å²) in [5.41, 5.74) is 0.630. The van der Waals surface area contributed by atoms with Crippen LogP contribution in [0, 0.1) is 0 Å². The normalized spacial score (nSPS) is 10.3. The predicted molar refractivity (Wildman–Crippen MR) is 61.8 cm³/mol. The minimum atomic E-state index is -0.0823. The lowest BCUT2D eigenvalue weighted by Crippen LogP contribution is -2.26. The molecule has 0 saturated heterocycles. The number of amides is 1. The van der Waals surface area contributed by atoms with Crippen molar-refractivity contribution < 1.29 is 9.90 Å². The SMILES string of the molecule is Cn1cc(Br)cc1C(=O)NCCCCO. The number of hydrogen-bond acceptors (Lipinski definition) is 2. The highest BCUT2D eigenvalue weighted by Gasteiger charge is 2.09. The molecule has 2 N–H and O–H groups in total. The lowest BCUT2D eigenvalue weighted by molar-refractivity contribution is 0.0944. The van der Waals surface area contributed by atoms with Gasteiger partial charge in [0.25, 0.3) is 5.91 Å². The number of aliphatic hydroxyl groups excluding tert-OH is 1. The molecule has 0 bridgehead atoms. The van der Waals surface area contributed by atoms with Gasteiger partial charge in [-0.15, -0.1) is 0 Å². The van der Waals surface area contributed by atoms with E-state index in [9.17, 15) is 4.79 Å². The van der Waals surface area contributed by atoms with Crippen LogP contribution in [0.2, 0.25) is 0 Å². The highest BCUT2D eigenvalue weighted by Crippen LogP contribution is 2.13. The Labute approximate surface area is 97.4 Å². The van der Waals surface area contributed by atoms with Gasteiger partial charge in [0, 0.05) is 30.9 Å². The molecular weight excluding hydrogens is 260 g/mol. The Morgan fingerprint density at radius 1 is 1.60 bits per heavy atom. The molecule has 0 aromatic carbocycles. The molecule has 0 saturated carbocycles. The van der Waals surface area contributed by atoms with E-state index in [2.05, 4.69) is 21.2 Å². The summed E-state index contributed by atoms with van der Waals surface area (Å²) in [6.45, 7) is 0.772. The fourth-order valence-electron chi connectivity index (χ4n) is 1.28. The Kier molecular flexibility index (Phi) is 4.84. The zero-order valence-corrected chi connectivity index (χ0v) is 10.2. The van der Waals surface area contributed by atoms with Crippen LogP contribution in [0.4, 0.5) is 0 Å². The molecule has 5 heteroatoms. The molecule has 84 valence electrons. The maximum atomic E-state index is 11.6. The third kappa shape index (κ3) is 3.68. The number of halogens is 1. The Morgan fingerprint density at radius 3 is 2.87 bits per heavy atom. The number of unbranched alkanes of at least 4 members (excludes halogenated alkanes) is 1. The Balaban J connectivity index is 2.43. The van der Waals surface area contributed by atoms with Gasteiger partial charge in [-0.3, -0.25) is 4.79 Å². The lowest BCUT2D eigenvalue weighted by atomic mass is 10.3. The van der Waals surface area contributed by atoms with E-state index < -0.39 is 0 Å². The average Bonchev–Trinajstić information content (AvgIpc) is 2.52. The van der Waals surface area contributed by atoms with Gasteiger partial charge >= 0.3 is 0 Å². The lowest BCUT2D eigenvalue weighted by Gasteiger charge is -2.04. The van der Waals surface area contributed by atoms with Gasteiger partial charge in [0.1, 0.15) is 5.69 Å². The van der Waals surface area contributed by atoms with Gasteiger partial charge in [-0.25, -0.2) is 0 Å². The van der Waals surface area contributed by atoms with Gasteiger partial charge < -0.3 is 15.0 Å². The van der Waals surface area contributed by atoms with Crippen molar-refractivity contribution in [3.63, 3.8) is 0 Å². The van der Waals surface area contributed by atoms with E-state index >= 15 is 0 Å². The second-order valence-electron chi connectivity index (χ2n) is 3.34. The van der Waals surface area contributed by atoms with Crippen LogP contribution in [0.25, 0.3) is 0 Å². The van der Waals surface area contributed by atoms with E-state index in [1.54, 1.807) is 10.6 Å². The Bertz CT molecular complexity index is 336. The summed E-state index contributed by atoms with van der Waals surface area (Å²) in [6.07, 6.45) is 3.35. The first-order valence-electron chi connectivity index (χ1n) is 4.86. The van der Waals surface area contributed by atoms with Gasteiger partial charge in [-0.2, -0.15) is 0 Å². The van der Waals surface area contributed by atoms with Crippen molar-refractivity contribution in [2.75, 3.05) is 13.2 Å². The molecule has 0 spiro atoms. The van der Waals surface area contributed by atoms with Gasteiger partial charge in [-0.05, 0) is 34.8 Å². The summed E-state index contributed by atoms with van der Waals surface area (Å²) >= 11 is 3.31. The molecule has 4 nitrogen and oxygen atoms in total. The molecule has 0 aliphatic heterocycles. The maximum absolute atomic E-state index is 11.6. The summed E-state index contributed by atoms with van der Waals surface area (Å²) in [4.78, 5) is 11.6. The van der Waals surface area contributed by atoms with Gasteiger partial charge in [0.2, 0.25) is 0 Å². The molecule has 0 aliphatic rings. The zero-order valence-electron chi connectivity index (χ0n) is 8.66. The number of carbonyl (C=O) groups excluding carboxylic acids is 1. The minimum Gasteiger partial charge on any atom is -0.396 e. The van der Waals surface area contributed by atoms with E-state index in [4.69, 9.17) is 5.11 Å². The third-order valence-corrected chi connectivity index (χ3v) is 2.51. The van der Waals surface area contributed by atoms with Crippen LogP contribution in [-0.2, 0) is 7.05 Å². The van der Waals surface area contributed by atoms with E-state index in [0.717, 1.165) is 17.3 Å². The number of nitrogens with zero attached hydrogens (tertiary/aromatic N) is 1. The number of rotatable bonds is 5. The summed E-state index contributed by atoms with van der Waals surface area (Å²) in [5.74, 6) is -0.0823. The van der Waals surface area contributed by atoms with Crippen molar-refractivity contribution in [1.29, 1.82) is 0 Å². The van der Waals surface area contributed by atoms with Crippen LogP contribution < -0.4 is 5.32 Å². The van der Waals surface area contributed by atoms with Gasteiger partial charge in [-0.1, -0.05) is 0 Å². The molecule has 0 fully saturated rings. The van der Waals surface area contributed by atoms with Crippen molar-refractivity contribution in [3.8, 4) is 0 Å². The standard InChI is InChI=1S/C10H15BrN2O2/c1-13-7-8(11)6-9(13)10(15)12-4-2-3-5-14/h6-7,14H,2-5H2,1H3,(H,12,15). The van der Waals surface area contributed by atoms with Gasteiger partial charge in [0.05, 0.1) is 0 Å². The van der Waals surface area contributed by atoms with Crippen LogP contribution in [0.3, 0.4) is 0 Å². The maximum Gasteiger partial charge on any atom is 0.267 e. The Hall–Kier alpha value is -0.810. The van der Waals surface area contributed by atoms with Crippen LogP contribution in [0.15, 0.2) is 16.7 Å². The fourth-order valence-corrected chi connectivity index (χ4v) is 1.80. The number of nitrogens with one attached hydrogen (secondary N) is 1. The van der Waals surface area contributed by atoms with Crippen LogP contribution in [0.5, 0.6) is 0 Å². The molecular formula is C10H15BrN2O2. The number of hydrogen-bond donors (Lipinski definition) is 2. The van der Waals surface area contributed by atoms with E-state index in [1.807, 2.05) is 13.2 Å². The average molecular weight is 275 g/mol. The molecule has 0 atom stereocenters. The second kappa shape index (κ2) is 5.92. The van der Waals surface area contributed by atoms with E-state index in [0.29, 0.717) is 12.2 Å². The highest BCUT2D eigenvalue weighted by atomic mass is 79.9. The fraction of sp³-hybridized carbons (Fsp3) is 0.500. The van der Waals surface area contributed by atoms with Crippen molar-refractivity contribution in [2.24, 2.45) is 7.05 Å². The number of aryl methyl sites for hydroxylation is 1. The molecule has 0 unspecified atom stereocenters. The summed E-state index contributed by atoms with van der Waals surface area (Å²) < 4.78 is 2.66. The number of aliphatic hydroxyl groups is 1. The van der Waals surface area contributed by atoms with Crippen molar-refractivity contribution in [2.45, 2.75) is 12.8 Å². The summed E-state index contributed by atoms with van der Waals surface area (Å²) in [5, 5.41) is 11.4. The zero-order chi connectivity index (χ0) is 11.3. The molecule has 0 aliphatic carbocycles. The smallest absolute Gasteiger partial charge is 0.267 e. The van der Waals surface area contributed by atoms with Crippen molar-refractivity contribution in [3.05, 3.63) is 22.4 Å². The summed E-state index contributed by atoms with van der Waals surface area (Å²) in [7, 11) is 1.83. The first-order chi connectivity index (χ1) is 7.15. The number of carbonyl (C=O) groups is 1. The molecule has 0 radical (unpaired) electrons. The van der Waals surface area contributed by atoms with Crippen molar-refractivity contribution >= 4 is 21.8 Å². The largest absolute Gasteiger partial charge is 0.396 e. The van der Waals surface area contributed by atoms with Crippen LogP contribution >= 0.6 is 15.9 Å². The monoisotopic (exact) mass is 274 g/mol. The number of aromatic nitrogens is 1. The molecule has 1 heterocycles. The summed E-state index contributed by atoms with van der Waals surface area (Å²) in [6, 6.07) is 1.78. The third-order valence-electron chi connectivity index (χ3n) is 2.07. The Morgan fingerprint density at radius 2 is 2.33 bits per heavy atom. The second-order valence-corrected chi connectivity index (χ2v) is 4.26. The molecule has 1 rings (SSSR count). The predicted octanol–water partition coefficient (Wildman–Crippen LogP) is 1.29. The van der Waals surface area contributed by atoms with Crippen LogP contribution in [-0.4, -0.2) is 28.7 Å². The first-order valence-corrected chi connectivity index (χ1v) is 5.65. The molecule has 1 aromatic heterocycles. The van der Waals surface area contributed by atoms with E-state index in [1.165, 1.54) is 0 Å².